The summed E-state index contributed by atoms with van der Waals surface area (Å²) in [6.45, 7) is 4.23. The lowest BCUT2D eigenvalue weighted by Crippen LogP contribution is -2.30. The first-order valence-electron chi connectivity index (χ1n) is 6.31. The molecule has 0 fully saturated rings. The maximum atomic E-state index is 12.7. The highest BCUT2D eigenvalue weighted by Crippen LogP contribution is 2.46. The minimum Gasteiger partial charge on any atom is -0.293 e. The van der Waals surface area contributed by atoms with E-state index >= 15 is 0 Å². The zero-order valence-electron chi connectivity index (χ0n) is 10.3. The van der Waals surface area contributed by atoms with Gasteiger partial charge in [0.25, 0.3) is 0 Å². The fraction of sp³-hybridized carbons (Fsp3) is 0.312. The van der Waals surface area contributed by atoms with E-state index in [-0.39, 0.29) is 5.41 Å². The smallest absolute Gasteiger partial charge is 0.174 e. The monoisotopic (exact) mass is 224 g/mol. The largest absolute Gasteiger partial charge is 0.293 e. The quantitative estimate of drug-likeness (QED) is 0.750. The topological polar surface area (TPSA) is 17.1 Å². The minimum absolute atomic E-state index is 0.275. The molecule has 1 aliphatic rings. The molecule has 0 aliphatic heterocycles. The van der Waals surface area contributed by atoms with Gasteiger partial charge in [0.05, 0.1) is 5.41 Å². The summed E-state index contributed by atoms with van der Waals surface area (Å²) in [5.74, 6) is 0.314. The molecule has 1 nitrogen and oxygen atoms in total. The van der Waals surface area contributed by atoms with Crippen molar-refractivity contribution in [1.29, 1.82) is 0 Å². The van der Waals surface area contributed by atoms with Gasteiger partial charge in [-0.05, 0) is 29.2 Å². The predicted octanol–water partition coefficient (Wildman–Crippen LogP) is 4.09. The van der Waals surface area contributed by atoms with Gasteiger partial charge < -0.3 is 0 Å². The van der Waals surface area contributed by atoms with Crippen molar-refractivity contribution in [2.75, 3.05) is 0 Å². The highest BCUT2D eigenvalue weighted by Gasteiger charge is 2.44. The molecular weight excluding hydrogens is 208 g/mol. The molecule has 0 heterocycles. The Bertz CT molecular complexity index is 601. The number of ketones is 1. The van der Waals surface area contributed by atoms with Crippen LogP contribution in [-0.4, -0.2) is 5.78 Å². The Kier molecular flexibility index (Phi) is 2.12. The summed E-state index contributed by atoms with van der Waals surface area (Å²) in [7, 11) is 0. The molecule has 0 spiro atoms. The maximum Gasteiger partial charge on any atom is 0.174 e. The van der Waals surface area contributed by atoms with Crippen molar-refractivity contribution < 1.29 is 4.79 Å². The summed E-state index contributed by atoms with van der Waals surface area (Å²) >= 11 is 0. The van der Waals surface area contributed by atoms with Crippen LogP contribution in [0.5, 0.6) is 0 Å². The molecule has 0 aromatic heterocycles. The summed E-state index contributed by atoms with van der Waals surface area (Å²) in [6.07, 6.45) is 1.77. The molecule has 1 aliphatic carbocycles. The number of carbonyl (C=O) groups is 1. The van der Waals surface area contributed by atoms with E-state index in [2.05, 4.69) is 38.1 Å². The van der Waals surface area contributed by atoms with Crippen LogP contribution in [-0.2, 0) is 5.41 Å². The number of rotatable bonds is 2. The molecule has 0 atom stereocenters. The molecule has 2 aromatic carbocycles. The van der Waals surface area contributed by atoms with E-state index in [1.54, 1.807) is 0 Å². The van der Waals surface area contributed by atoms with Gasteiger partial charge in [-0.15, -0.1) is 0 Å². The Labute approximate surface area is 101 Å². The number of benzene rings is 2. The second kappa shape index (κ2) is 3.43. The lowest BCUT2D eigenvalue weighted by atomic mass is 9.75. The number of carbonyl (C=O) groups excluding carboxylic acids is 1. The molecule has 0 saturated carbocycles. The number of hydrogen-bond donors (Lipinski definition) is 0. The maximum absolute atomic E-state index is 12.7. The van der Waals surface area contributed by atoms with E-state index in [4.69, 9.17) is 0 Å². The Morgan fingerprint density at radius 2 is 1.65 bits per heavy atom. The zero-order valence-corrected chi connectivity index (χ0v) is 10.3. The third-order valence-corrected chi connectivity index (χ3v) is 4.31. The molecule has 3 rings (SSSR count). The van der Waals surface area contributed by atoms with E-state index in [0.717, 1.165) is 18.4 Å². The normalized spacial score (nSPS) is 16.7. The Morgan fingerprint density at radius 3 is 2.29 bits per heavy atom. The Morgan fingerprint density at radius 1 is 1.00 bits per heavy atom. The molecule has 17 heavy (non-hydrogen) atoms. The van der Waals surface area contributed by atoms with Crippen molar-refractivity contribution in [2.24, 2.45) is 0 Å². The van der Waals surface area contributed by atoms with Crippen LogP contribution >= 0.6 is 0 Å². The van der Waals surface area contributed by atoms with Crippen LogP contribution in [0, 0.1) is 0 Å². The highest BCUT2D eigenvalue weighted by molar-refractivity contribution is 6.20. The van der Waals surface area contributed by atoms with Crippen LogP contribution in [0.2, 0.25) is 0 Å². The van der Waals surface area contributed by atoms with Gasteiger partial charge in [0.15, 0.2) is 5.78 Å². The summed E-state index contributed by atoms with van der Waals surface area (Å²) < 4.78 is 0. The molecule has 2 aromatic rings. The molecule has 1 heteroatoms. The molecule has 0 bridgehead atoms. The lowest BCUT2D eigenvalue weighted by molar-refractivity contribution is 0.0886. The van der Waals surface area contributed by atoms with Crippen LogP contribution in [0.25, 0.3) is 10.8 Å². The molecule has 0 amide bonds. The minimum atomic E-state index is -0.275. The van der Waals surface area contributed by atoms with E-state index < -0.39 is 0 Å². The van der Waals surface area contributed by atoms with Crippen molar-refractivity contribution >= 4 is 16.6 Å². The van der Waals surface area contributed by atoms with Crippen molar-refractivity contribution in [1.82, 2.24) is 0 Å². The van der Waals surface area contributed by atoms with Crippen LogP contribution in [0.4, 0.5) is 0 Å². The van der Waals surface area contributed by atoms with Gasteiger partial charge in [-0.2, -0.15) is 0 Å². The molecule has 0 N–H and O–H groups in total. The number of Topliss-reactive ketones (excluding diaryl/α,β-unsaturated/α-hetero) is 1. The first kappa shape index (κ1) is 10.5. The van der Waals surface area contributed by atoms with Gasteiger partial charge >= 0.3 is 0 Å². The van der Waals surface area contributed by atoms with Crippen LogP contribution in [0.15, 0.2) is 36.4 Å². The molecule has 0 unspecified atom stereocenters. The predicted molar refractivity (Wildman–Crippen MR) is 70.5 cm³/mol. The van der Waals surface area contributed by atoms with E-state index in [1.807, 2.05) is 12.1 Å². The van der Waals surface area contributed by atoms with Gasteiger partial charge in [0, 0.05) is 5.56 Å². The molecule has 0 radical (unpaired) electrons. The lowest BCUT2D eigenvalue weighted by Gasteiger charge is -2.25. The third-order valence-electron chi connectivity index (χ3n) is 4.31. The second-order valence-corrected chi connectivity index (χ2v) is 4.83. The highest BCUT2D eigenvalue weighted by atomic mass is 16.1. The Hall–Kier alpha value is -1.63. The first-order valence-corrected chi connectivity index (χ1v) is 6.31. The summed E-state index contributed by atoms with van der Waals surface area (Å²) in [5, 5.41) is 2.38. The van der Waals surface area contributed by atoms with E-state index in [1.165, 1.54) is 16.3 Å². The van der Waals surface area contributed by atoms with Crippen molar-refractivity contribution in [2.45, 2.75) is 32.1 Å². The molecule has 0 saturated heterocycles. The van der Waals surface area contributed by atoms with Crippen LogP contribution < -0.4 is 0 Å². The summed E-state index contributed by atoms with van der Waals surface area (Å²) in [5.41, 5.74) is 1.88. The average Bonchev–Trinajstić information content (AvgIpc) is 2.63. The molecule has 86 valence electrons. The fourth-order valence-electron chi connectivity index (χ4n) is 3.26. The number of hydrogen-bond acceptors (Lipinski definition) is 1. The summed E-state index contributed by atoms with van der Waals surface area (Å²) in [4.78, 5) is 12.7. The van der Waals surface area contributed by atoms with Gasteiger partial charge in [0.2, 0.25) is 0 Å². The first-order chi connectivity index (χ1) is 8.24. The Balaban J connectivity index is 2.46. The standard InChI is InChI=1S/C16H16O/c1-3-16(4-2)13-10-6-8-11-7-5-9-12(14(11)13)15(16)17/h5-10H,3-4H2,1-2H3. The van der Waals surface area contributed by atoms with Gasteiger partial charge in [-0.1, -0.05) is 50.2 Å². The van der Waals surface area contributed by atoms with E-state index in [9.17, 15) is 4.79 Å². The fourth-order valence-corrected chi connectivity index (χ4v) is 3.26. The average molecular weight is 224 g/mol. The summed E-state index contributed by atoms with van der Waals surface area (Å²) in [6, 6.07) is 12.3. The van der Waals surface area contributed by atoms with Gasteiger partial charge in [-0.25, -0.2) is 0 Å². The van der Waals surface area contributed by atoms with Crippen molar-refractivity contribution in [3.63, 3.8) is 0 Å². The van der Waals surface area contributed by atoms with Crippen LogP contribution in [0.1, 0.15) is 42.6 Å². The SMILES string of the molecule is CCC1(CC)C(=O)c2cccc3cccc1c23. The third kappa shape index (κ3) is 1.12. The zero-order chi connectivity index (χ0) is 12.0. The van der Waals surface area contributed by atoms with Gasteiger partial charge in [-0.3, -0.25) is 4.79 Å². The van der Waals surface area contributed by atoms with Crippen LogP contribution in [0.3, 0.4) is 0 Å². The van der Waals surface area contributed by atoms with Crippen molar-refractivity contribution in [3.05, 3.63) is 47.5 Å². The van der Waals surface area contributed by atoms with Gasteiger partial charge in [0.1, 0.15) is 0 Å². The van der Waals surface area contributed by atoms with E-state index in [0.29, 0.717) is 5.78 Å². The second-order valence-electron chi connectivity index (χ2n) is 4.83. The molecular formula is C16H16O. The van der Waals surface area contributed by atoms with Crippen molar-refractivity contribution in [3.8, 4) is 0 Å².